The van der Waals surface area contributed by atoms with Crippen molar-refractivity contribution in [2.75, 3.05) is 13.7 Å². The molecule has 0 radical (unpaired) electrons. The van der Waals surface area contributed by atoms with Gasteiger partial charge in [0.2, 0.25) is 0 Å². The Morgan fingerprint density at radius 3 is 2.60 bits per heavy atom. The predicted octanol–water partition coefficient (Wildman–Crippen LogP) is 2.90. The average Bonchev–Trinajstić information content (AvgIpc) is 2.43. The van der Waals surface area contributed by atoms with Gasteiger partial charge in [0.15, 0.2) is 0 Å². The monoisotopic (exact) mass is 275 g/mol. The van der Waals surface area contributed by atoms with Crippen LogP contribution >= 0.6 is 0 Å². The van der Waals surface area contributed by atoms with Crippen LogP contribution < -0.4 is 0 Å². The third kappa shape index (κ3) is 3.04. The van der Waals surface area contributed by atoms with Crippen molar-refractivity contribution in [1.82, 2.24) is 4.90 Å². The van der Waals surface area contributed by atoms with E-state index in [1.54, 1.807) is 0 Å². The molecule has 0 bridgehead atoms. The third-order valence-corrected chi connectivity index (χ3v) is 4.20. The maximum Gasteiger partial charge on any atom is 0.322 e. The third-order valence-electron chi connectivity index (χ3n) is 4.20. The number of hydrogen-bond acceptors (Lipinski definition) is 3. The maximum atomic E-state index is 11.7. The summed E-state index contributed by atoms with van der Waals surface area (Å²) in [5, 5.41) is 0. The van der Waals surface area contributed by atoms with Crippen LogP contribution in [0.1, 0.15) is 44.4 Å². The minimum absolute atomic E-state index is 0.152. The van der Waals surface area contributed by atoms with E-state index in [1.165, 1.54) is 23.8 Å². The molecule has 1 unspecified atom stereocenters. The Morgan fingerprint density at radius 2 is 2.00 bits per heavy atom. The molecule has 3 nitrogen and oxygen atoms in total. The molecular weight excluding hydrogens is 250 g/mol. The van der Waals surface area contributed by atoms with Gasteiger partial charge in [-0.1, -0.05) is 39.0 Å². The number of esters is 1. The Bertz CT molecular complexity index is 502. The number of ether oxygens (including phenoxy) is 1. The van der Waals surface area contributed by atoms with Crippen LogP contribution in [0.2, 0.25) is 0 Å². The van der Waals surface area contributed by atoms with Gasteiger partial charge in [0, 0.05) is 13.1 Å². The molecule has 1 aromatic rings. The molecule has 0 spiro atoms. The number of carbonyl (C=O) groups is 1. The molecule has 0 N–H and O–H groups in total. The summed E-state index contributed by atoms with van der Waals surface area (Å²) in [6, 6.07) is 6.60. The van der Waals surface area contributed by atoms with E-state index in [9.17, 15) is 4.79 Å². The fourth-order valence-corrected chi connectivity index (χ4v) is 2.70. The Balaban J connectivity index is 2.22. The molecule has 0 aliphatic carbocycles. The number of benzene rings is 1. The standard InChI is InChI=1S/C17H25NO2/c1-12(16(19)20-5)18-9-8-13-6-7-15(17(2,3)4)10-14(13)11-18/h6-7,10,12H,8-9,11H2,1-5H3. The summed E-state index contributed by atoms with van der Waals surface area (Å²) >= 11 is 0. The Hall–Kier alpha value is -1.35. The summed E-state index contributed by atoms with van der Waals surface area (Å²) in [6.07, 6.45) is 1.00. The van der Waals surface area contributed by atoms with Gasteiger partial charge in [-0.05, 0) is 35.4 Å². The van der Waals surface area contributed by atoms with E-state index in [4.69, 9.17) is 4.74 Å². The van der Waals surface area contributed by atoms with Gasteiger partial charge in [-0.3, -0.25) is 9.69 Å². The predicted molar refractivity (Wildman–Crippen MR) is 80.7 cm³/mol. The number of hydrogen-bond donors (Lipinski definition) is 0. The fraction of sp³-hybridized carbons (Fsp3) is 0.588. The van der Waals surface area contributed by atoms with Crippen molar-refractivity contribution in [2.24, 2.45) is 0 Å². The first-order valence-electron chi connectivity index (χ1n) is 7.27. The lowest BCUT2D eigenvalue weighted by Crippen LogP contribution is -2.42. The second-order valence-electron chi connectivity index (χ2n) is 6.65. The van der Waals surface area contributed by atoms with Crippen LogP contribution in [0.4, 0.5) is 0 Å². The number of nitrogens with zero attached hydrogens (tertiary/aromatic N) is 1. The molecule has 110 valence electrons. The zero-order valence-corrected chi connectivity index (χ0v) is 13.2. The van der Waals surface area contributed by atoms with Crippen molar-refractivity contribution in [1.29, 1.82) is 0 Å². The second kappa shape index (κ2) is 5.57. The van der Waals surface area contributed by atoms with E-state index in [-0.39, 0.29) is 17.4 Å². The molecule has 20 heavy (non-hydrogen) atoms. The normalized spacial score (nSPS) is 17.4. The smallest absolute Gasteiger partial charge is 0.322 e. The van der Waals surface area contributed by atoms with E-state index in [0.717, 1.165) is 19.5 Å². The van der Waals surface area contributed by atoms with E-state index in [1.807, 2.05) is 6.92 Å². The SMILES string of the molecule is COC(=O)C(C)N1CCc2ccc(C(C)(C)C)cc2C1. The first kappa shape index (κ1) is 15.0. The molecule has 3 heteroatoms. The molecule has 1 atom stereocenters. The number of carbonyl (C=O) groups excluding carboxylic acids is 1. The largest absolute Gasteiger partial charge is 0.468 e. The molecule has 0 amide bonds. The van der Waals surface area contributed by atoms with Gasteiger partial charge < -0.3 is 4.74 Å². The van der Waals surface area contributed by atoms with Crippen LogP contribution in [0.5, 0.6) is 0 Å². The number of rotatable bonds is 2. The first-order valence-corrected chi connectivity index (χ1v) is 7.27. The summed E-state index contributed by atoms with van der Waals surface area (Å²) in [5.41, 5.74) is 4.26. The lowest BCUT2D eigenvalue weighted by molar-refractivity contribution is -0.146. The molecule has 0 saturated heterocycles. The fourth-order valence-electron chi connectivity index (χ4n) is 2.70. The molecule has 2 rings (SSSR count). The van der Waals surface area contributed by atoms with Gasteiger partial charge in [0.25, 0.3) is 0 Å². The molecule has 1 aliphatic heterocycles. The summed E-state index contributed by atoms with van der Waals surface area (Å²) in [4.78, 5) is 13.9. The Morgan fingerprint density at radius 1 is 1.30 bits per heavy atom. The summed E-state index contributed by atoms with van der Waals surface area (Å²) < 4.78 is 4.85. The first-order chi connectivity index (χ1) is 9.32. The molecule has 0 saturated carbocycles. The van der Waals surface area contributed by atoms with Gasteiger partial charge in [0.1, 0.15) is 6.04 Å². The van der Waals surface area contributed by atoms with Gasteiger partial charge >= 0.3 is 5.97 Å². The quantitative estimate of drug-likeness (QED) is 0.777. The molecular formula is C17H25NO2. The molecule has 0 fully saturated rings. The van der Waals surface area contributed by atoms with Crippen molar-refractivity contribution in [3.05, 3.63) is 34.9 Å². The summed E-state index contributed by atoms with van der Waals surface area (Å²) in [5.74, 6) is -0.152. The molecule has 0 aromatic heterocycles. The van der Waals surface area contributed by atoms with Crippen LogP contribution in [0.3, 0.4) is 0 Å². The van der Waals surface area contributed by atoms with Crippen molar-refractivity contribution in [3.63, 3.8) is 0 Å². The van der Waals surface area contributed by atoms with Gasteiger partial charge in [-0.15, -0.1) is 0 Å². The van der Waals surface area contributed by atoms with Crippen molar-refractivity contribution in [3.8, 4) is 0 Å². The summed E-state index contributed by atoms with van der Waals surface area (Å²) in [6.45, 7) is 10.4. The lowest BCUT2D eigenvalue weighted by atomic mass is 9.84. The van der Waals surface area contributed by atoms with Crippen LogP contribution in [0.15, 0.2) is 18.2 Å². The van der Waals surface area contributed by atoms with Crippen molar-refractivity contribution in [2.45, 2.75) is 52.1 Å². The van der Waals surface area contributed by atoms with Gasteiger partial charge in [0.05, 0.1) is 7.11 Å². The number of fused-ring (bicyclic) bond motifs is 1. The molecule has 1 heterocycles. The van der Waals surface area contributed by atoms with E-state index >= 15 is 0 Å². The zero-order chi connectivity index (χ0) is 14.9. The van der Waals surface area contributed by atoms with Crippen LogP contribution in [0.25, 0.3) is 0 Å². The van der Waals surface area contributed by atoms with Crippen molar-refractivity contribution < 1.29 is 9.53 Å². The Labute approximate surface area is 121 Å². The lowest BCUT2D eigenvalue weighted by Gasteiger charge is -2.33. The Kier molecular flexibility index (Phi) is 4.19. The molecule has 1 aliphatic rings. The highest BCUT2D eigenvalue weighted by Crippen LogP contribution is 2.28. The van der Waals surface area contributed by atoms with Crippen molar-refractivity contribution >= 4 is 5.97 Å². The zero-order valence-electron chi connectivity index (χ0n) is 13.2. The minimum Gasteiger partial charge on any atom is -0.468 e. The van der Waals surface area contributed by atoms with Gasteiger partial charge in [-0.25, -0.2) is 0 Å². The van der Waals surface area contributed by atoms with E-state index in [0.29, 0.717) is 0 Å². The highest BCUT2D eigenvalue weighted by molar-refractivity contribution is 5.75. The second-order valence-corrected chi connectivity index (χ2v) is 6.65. The topological polar surface area (TPSA) is 29.5 Å². The number of methoxy groups -OCH3 is 1. The molecule has 1 aromatic carbocycles. The van der Waals surface area contributed by atoms with E-state index < -0.39 is 0 Å². The summed E-state index contributed by atoms with van der Waals surface area (Å²) in [7, 11) is 1.45. The van der Waals surface area contributed by atoms with Crippen LogP contribution in [-0.2, 0) is 27.9 Å². The average molecular weight is 275 g/mol. The maximum absolute atomic E-state index is 11.7. The van der Waals surface area contributed by atoms with Gasteiger partial charge in [-0.2, -0.15) is 0 Å². The van der Waals surface area contributed by atoms with Crippen LogP contribution in [0, 0.1) is 0 Å². The van der Waals surface area contributed by atoms with E-state index in [2.05, 4.69) is 43.9 Å². The highest BCUT2D eigenvalue weighted by Gasteiger charge is 2.26. The highest BCUT2D eigenvalue weighted by atomic mass is 16.5. The van der Waals surface area contributed by atoms with Crippen LogP contribution in [-0.4, -0.2) is 30.6 Å². The minimum atomic E-state index is -0.175.